The number of guanidine groups is 1. The molecule has 0 bridgehead atoms. The molecule has 1 amide bonds. The average molecular weight is 551 g/mol. The van der Waals surface area contributed by atoms with Crippen molar-refractivity contribution >= 4 is 41.5 Å². The zero-order valence-corrected chi connectivity index (χ0v) is 21.4. The van der Waals surface area contributed by atoms with Crippen LogP contribution in [0.1, 0.15) is 28.8 Å². The van der Waals surface area contributed by atoms with Crippen LogP contribution in [0.25, 0.3) is 0 Å². The molecule has 3 N–H and O–H groups in total. The first-order valence-corrected chi connectivity index (χ1v) is 10.8. The molecule has 174 valence electrons. The molecule has 1 saturated heterocycles. The van der Waals surface area contributed by atoms with Crippen molar-refractivity contribution in [2.45, 2.75) is 25.3 Å². The van der Waals surface area contributed by atoms with E-state index >= 15 is 0 Å². The Labute approximate surface area is 208 Å². The summed E-state index contributed by atoms with van der Waals surface area (Å²) in [6.07, 6.45) is 3.04. The van der Waals surface area contributed by atoms with E-state index < -0.39 is 0 Å². The molecule has 1 fully saturated rings. The SMILES string of the molecule is CN=C(NCCc1cccc(C(=O)NC)c1)NC1CCCN(c2cccc(OC)c2)C1.I. The number of methoxy groups -OCH3 is 1. The number of rotatable bonds is 7. The fraction of sp³-hybridized carbons (Fsp3) is 0.417. The minimum absolute atomic E-state index is 0. The molecule has 1 atom stereocenters. The smallest absolute Gasteiger partial charge is 0.251 e. The Bertz CT molecular complexity index is 905. The highest BCUT2D eigenvalue weighted by Gasteiger charge is 2.21. The summed E-state index contributed by atoms with van der Waals surface area (Å²) in [6.45, 7) is 2.70. The second-order valence-electron chi connectivity index (χ2n) is 7.66. The standard InChI is InChI=1S/C24H33N5O2.HI/c1-25-23(30)19-8-4-7-18(15-19)12-13-27-24(26-2)28-20-9-6-14-29(17-20)21-10-5-11-22(16-21)31-3;/h4-5,7-8,10-11,15-16,20H,6,9,12-14,17H2,1-3H3,(H,25,30)(H2,26,27,28);1H. The van der Waals surface area contributed by atoms with Crippen LogP contribution in [0.3, 0.4) is 0 Å². The van der Waals surface area contributed by atoms with Gasteiger partial charge in [-0.25, -0.2) is 0 Å². The van der Waals surface area contributed by atoms with Crippen LogP contribution in [0, 0.1) is 0 Å². The Morgan fingerprint density at radius 3 is 2.78 bits per heavy atom. The minimum Gasteiger partial charge on any atom is -0.497 e. The lowest BCUT2D eigenvalue weighted by atomic mass is 10.0. The Morgan fingerprint density at radius 1 is 1.22 bits per heavy atom. The van der Waals surface area contributed by atoms with E-state index in [1.807, 2.05) is 36.4 Å². The Balaban J connectivity index is 0.00000363. The molecule has 8 heteroatoms. The van der Waals surface area contributed by atoms with Crippen LogP contribution in [0.15, 0.2) is 53.5 Å². The van der Waals surface area contributed by atoms with E-state index in [9.17, 15) is 4.79 Å². The van der Waals surface area contributed by atoms with Crippen molar-refractivity contribution in [2.75, 3.05) is 45.7 Å². The van der Waals surface area contributed by atoms with Gasteiger partial charge >= 0.3 is 0 Å². The van der Waals surface area contributed by atoms with E-state index in [4.69, 9.17) is 4.74 Å². The number of hydrogen-bond acceptors (Lipinski definition) is 4. The second-order valence-corrected chi connectivity index (χ2v) is 7.66. The minimum atomic E-state index is -0.0647. The molecule has 0 spiro atoms. The van der Waals surface area contributed by atoms with Gasteiger partial charge in [-0.2, -0.15) is 0 Å². The molecule has 7 nitrogen and oxygen atoms in total. The van der Waals surface area contributed by atoms with Crippen LogP contribution in [0.5, 0.6) is 5.75 Å². The molecule has 32 heavy (non-hydrogen) atoms. The highest BCUT2D eigenvalue weighted by Crippen LogP contribution is 2.24. The van der Waals surface area contributed by atoms with E-state index in [-0.39, 0.29) is 29.9 Å². The van der Waals surface area contributed by atoms with Crippen LogP contribution in [-0.2, 0) is 6.42 Å². The van der Waals surface area contributed by atoms with Gasteiger partial charge in [-0.15, -0.1) is 24.0 Å². The predicted molar refractivity (Wildman–Crippen MR) is 142 cm³/mol. The lowest BCUT2D eigenvalue weighted by Crippen LogP contribution is -2.51. The van der Waals surface area contributed by atoms with E-state index in [0.717, 1.165) is 56.2 Å². The van der Waals surface area contributed by atoms with Gasteiger partial charge in [0.05, 0.1) is 7.11 Å². The maximum atomic E-state index is 11.8. The second kappa shape index (κ2) is 13.1. The summed E-state index contributed by atoms with van der Waals surface area (Å²) in [6, 6.07) is 16.3. The fourth-order valence-corrected chi connectivity index (χ4v) is 3.86. The number of nitrogens with zero attached hydrogens (tertiary/aromatic N) is 2. The fourth-order valence-electron chi connectivity index (χ4n) is 3.86. The Hall–Kier alpha value is -2.49. The third kappa shape index (κ3) is 7.29. The van der Waals surface area contributed by atoms with Crippen LogP contribution < -0.4 is 25.6 Å². The number of amides is 1. The number of ether oxygens (including phenoxy) is 1. The number of carbonyl (C=O) groups excluding carboxylic acids is 1. The van der Waals surface area contributed by atoms with Crippen LogP contribution in [-0.4, -0.2) is 58.7 Å². The topological polar surface area (TPSA) is 78.0 Å². The molecule has 1 unspecified atom stereocenters. The van der Waals surface area contributed by atoms with Crippen molar-refractivity contribution in [3.8, 4) is 5.75 Å². The summed E-state index contributed by atoms with van der Waals surface area (Å²) in [5, 5.41) is 9.63. The molecule has 2 aromatic carbocycles. The number of carbonyl (C=O) groups is 1. The summed E-state index contributed by atoms with van der Waals surface area (Å²) in [5.41, 5.74) is 2.98. The molecule has 0 aromatic heterocycles. The van der Waals surface area contributed by atoms with Crippen molar-refractivity contribution < 1.29 is 9.53 Å². The number of nitrogens with one attached hydrogen (secondary N) is 3. The summed E-state index contributed by atoms with van der Waals surface area (Å²) >= 11 is 0. The van der Waals surface area contributed by atoms with Crippen molar-refractivity contribution in [1.82, 2.24) is 16.0 Å². The molecular weight excluding hydrogens is 517 g/mol. The third-order valence-electron chi connectivity index (χ3n) is 5.53. The van der Waals surface area contributed by atoms with Gasteiger partial charge < -0.3 is 25.6 Å². The third-order valence-corrected chi connectivity index (χ3v) is 5.53. The van der Waals surface area contributed by atoms with Crippen molar-refractivity contribution in [2.24, 2.45) is 4.99 Å². The van der Waals surface area contributed by atoms with Gasteiger partial charge in [0.1, 0.15) is 5.75 Å². The number of halogens is 1. The lowest BCUT2D eigenvalue weighted by Gasteiger charge is -2.35. The zero-order valence-electron chi connectivity index (χ0n) is 19.1. The van der Waals surface area contributed by atoms with Gasteiger partial charge in [0.2, 0.25) is 0 Å². The van der Waals surface area contributed by atoms with Gasteiger partial charge in [-0.05, 0) is 49.1 Å². The van der Waals surface area contributed by atoms with E-state index in [0.29, 0.717) is 11.6 Å². The van der Waals surface area contributed by atoms with Crippen LogP contribution in [0.2, 0.25) is 0 Å². The van der Waals surface area contributed by atoms with Crippen molar-refractivity contribution in [3.63, 3.8) is 0 Å². The molecule has 0 aliphatic carbocycles. The van der Waals surface area contributed by atoms with Gasteiger partial charge in [-0.3, -0.25) is 9.79 Å². The molecule has 0 radical (unpaired) electrons. The summed E-state index contributed by atoms with van der Waals surface area (Å²) in [4.78, 5) is 18.6. The highest BCUT2D eigenvalue weighted by atomic mass is 127. The maximum Gasteiger partial charge on any atom is 0.251 e. The molecule has 1 heterocycles. The monoisotopic (exact) mass is 551 g/mol. The van der Waals surface area contributed by atoms with E-state index in [1.54, 1.807) is 21.2 Å². The largest absolute Gasteiger partial charge is 0.497 e. The first-order chi connectivity index (χ1) is 15.1. The molecule has 2 aromatic rings. The van der Waals surface area contributed by atoms with Gasteiger partial charge in [0.15, 0.2) is 5.96 Å². The summed E-state index contributed by atoms with van der Waals surface area (Å²) in [7, 11) is 5.14. The molecule has 3 rings (SSSR count). The average Bonchev–Trinajstić information content (AvgIpc) is 2.83. The van der Waals surface area contributed by atoms with Crippen molar-refractivity contribution in [3.05, 3.63) is 59.7 Å². The number of anilines is 1. The zero-order chi connectivity index (χ0) is 22.1. The van der Waals surface area contributed by atoms with Gasteiger partial charge in [-0.1, -0.05) is 18.2 Å². The molecular formula is C24H34IN5O2. The first-order valence-electron chi connectivity index (χ1n) is 10.8. The van der Waals surface area contributed by atoms with E-state index in [1.165, 1.54) is 5.69 Å². The molecule has 0 saturated carbocycles. The van der Waals surface area contributed by atoms with E-state index in [2.05, 4.69) is 38.0 Å². The van der Waals surface area contributed by atoms with Crippen LogP contribution in [0.4, 0.5) is 5.69 Å². The van der Waals surface area contributed by atoms with Crippen molar-refractivity contribution in [1.29, 1.82) is 0 Å². The summed E-state index contributed by atoms with van der Waals surface area (Å²) < 4.78 is 5.37. The Kier molecular flexibility index (Phi) is 10.6. The van der Waals surface area contributed by atoms with Gasteiger partial charge in [0, 0.05) is 57.1 Å². The first kappa shape index (κ1) is 25.8. The molecule has 1 aliphatic heterocycles. The number of aliphatic imine (C=N–C) groups is 1. The maximum absolute atomic E-state index is 11.8. The number of benzene rings is 2. The lowest BCUT2D eigenvalue weighted by molar-refractivity contribution is 0.0963. The highest BCUT2D eigenvalue weighted by molar-refractivity contribution is 14.0. The Morgan fingerprint density at radius 2 is 2.03 bits per heavy atom. The van der Waals surface area contributed by atoms with Crippen LogP contribution >= 0.6 is 24.0 Å². The quantitative estimate of drug-likeness (QED) is 0.280. The number of hydrogen-bond donors (Lipinski definition) is 3. The number of piperidine rings is 1. The normalized spacial score (nSPS) is 16.0. The molecule has 1 aliphatic rings. The van der Waals surface area contributed by atoms with Gasteiger partial charge in [0.25, 0.3) is 5.91 Å². The summed E-state index contributed by atoms with van der Waals surface area (Å²) in [5.74, 6) is 1.62. The predicted octanol–water partition coefficient (Wildman–Crippen LogP) is 3.05.